The molecule has 1 heterocycles. The van der Waals surface area contributed by atoms with Crippen molar-refractivity contribution in [3.05, 3.63) is 100.0 Å². The largest absolute Gasteiger partial charge is 0.484 e. The summed E-state index contributed by atoms with van der Waals surface area (Å²) in [4.78, 5) is 39.0. The first kappa shape index (κ1) is 23.3. The lowest BCUT2D eigenvalue weighted by Gasteiger charge is -2.14. The molecule has 0 aromatic heterocycles. The monoisotopic (exact) mass is 472 g/mol. The lowest BCUT2D eigenvalue weighted by molar-refractivity contribution is -0.123. The number of amides is 3. The molecule has 0 bridgehead atoms. The molecule has 172 valence electrons. The highest BCUT2D eigenvalue weighted by molar-refractivity contribution is 8.18. The average molecular weight is 473 g/mol. The first-order valence-electron chi connectivity index (χ1n) is 10.8. The summed E-state index contributed by atoms with van der Waals surface area (Å²) >= 11 is 0.936. The zero-order valence-corrected chi connectivity index (χ0v) is 19.7. The molecular formula is C27H24N2O4S. The SMILES string of the molecule is Cc1ccccc1CN1C(=O)S/C(=C\c2ccc(OCC(=O)Nc3ccccc3C)cc2)C1=O. The van der Waals surface area contributed by atoms with E-state index in [1.54, 1.807) is 30.3 Å². The molecule has 3 aromatic rings. The van der Waals surface area contributed by atoms with Crippen LogP contribution in [0.1, 0.15) is 22.3 Å². The van der Waals surface area contributed by atoms with E-state index in [4.69, 9.17) is 4.74 Å². The van der Waals surface area contributed by atoms with Crippen LogP contribution in [0.4, 0.5) is 10.5 Å². The summed E-state index contributed by atoms with van der Waals surface area (Å²) in [5, 5.41) is 2.55. The third-order valence-corrected chi connectivity index (χ3v) is 6.34. The van der Waals surface area contributed by atoms with E-state index in [2.05, 4.69) is 5.32 Å². The quantitative estimate of drug-likeness (QED) is 0.456. The van der Waals surface area contributed by atoms with Crippen LogP contribution >= 0.6 is 11.8 Å². The Morgan fingerprint density at radius 1 is 0.941 bits per heavy atom. The molecule has 1 fully saturated rings. The Morgan fingerprint density at radius 2 is 1.62 bits per heavy atom. The second-order valence-corrected chi connectivity index (χ2v) is 8.91. The average Bonchev–Trinajstić information content (AvgIpc) is 3.09. The van der Waals surface area contributed by atoms with Crippen LogP contribution in [0.25, 0.3) is 6.08 Å². The highest BCUT2D eigenvalue weighted by Gasteiger charge is 2.35. The van der Waals surface area contributed by atoms with Gasteiger partial charge in [0.15, 0.2) is 6.61 Å². The molecule has 3 aromatic carbocycles. The van der Waals surface area contributed by atoms with E-state index in [1.807, 2.05) is 62.4 Å². The molecule has 4 rings (SSSR count). The van der Waals surface area contributed by atoms with E-state index in [0.29, 0.717) is 10.7 Å². The molecule has 7 heteroatoms. The molecule has 0 saturated carbocycles. The summed E-state index contributed by atoms with van der Waals surface area (Å²) in [6, 6.07) is 22.2. The van der Waals surface area contributed by atoms with Crippen LogP contribution in [-0.2, 0) is 16.1 Å². The van der Waals surface area contributed by atoms with Crippen molar-refractivity contribution in [2.75, 3.05) is 11.9 Å². The van der Waals surface area contributed by atoms with Gasteiger partial charge < -0.3 is 10.1 Å². The van der Waals surface area contributed by atoms with Gasteiger partial charge in [-0.1, -0.05) is 54.6 Å². The Labute approximate surface area is 202 Å². The van der Waals surface area contributed by atoms with Gasteiger partial charge in [-0.3, -0.25) is 19.3 Å². The van der Waals surface area contributed by atoms with E-state index in [0.717, 1.165) is 39.7 Å². The number of thioether (sulfide) groups is 1. The number of nitrogens with zero attached hydrogens (tertiary/aromatic N) is 1. The molecular weight excluding hydrogens is 448 g/mol. The molecule has 0 unspecified atom stereocenters. The van der Waals surface area contributed by atoms with Crippen molar-refractivity contribution < 1.29 is 19.1 Å². The fourth-order valence-corrected chi connectivity index (χ4v) is 4.29. The van der Waals surface area contributed by atoms with Gasteiger partial charge in [0.25, 0.3) is 17.1 Å². The minimum absolute atomic E-state index is 0.120. The summed E-state index contributed by atoms with van der Waals surface area (Å²) in [5.74, 6) is -0.0168. The lowest BCUT2D eigenvalue weighted by Crippen LogP contribution is -2.27. The summed E-state index contributed by atoms with van der Waals surface area (Å²) in [6.45, 7) is 4.02. The first-order valence-corrected chi connectivity index (χ1v) is 11.6. The molecule has 0 spiro atoms. The predicted molar refractivity (Wildman–Crippen MR) is 134 cm³/mol. The summed E-state index contributed by atoms with van der Waals surface area (Å²) < 4.78 is 5.57. The fourth-order valence-electron chi connectivity index (χ4n) is 3.45. The summed E-state index contributed by atoms with van der Waals surface area (Å²) in [5.41, 5.74) is 4.47. The first-order chi connectivity index (χ1) is 16.4. The van der Waals surface area contributed by atoms with Gasteiger partial charge in [0, 0.05) is 5.69 Å². The van der Waals surface area contributed by atoms with Crippen molar-refractivity contribution in [3.8, 4) is 5.75 Å². The number of hydrogen-bond donors (Lipinski definition) is 1. The van der Waals surface area contributed by atoms with Crippen LogP contribution in [0.15, 0.2) is 77.7 Å². The van der Waals surface area contributed by atoms with Crippen molar-refractivity contribution in [2.45, 2.75) is 20.4 Å². The van der Waals surface area contributed by atoms with E-state index in [-0.39, 0.29) is 30.2 Å². The number of ether oxygens (including phenoxy) is 1. The van der Waals surface area contributed by atoms with Crippen LogP contribution in [0.3, 0.4) is 0 Å². The molecule has 3 amide bonds. The molecule has 1 aliphatic heterocycles. The van der Waals surface area contributed by atoms with Crippen molar-refractivity contribution in [2.24, 2.45) is 0 Å². The van der Waals surface area contributed by atoms with E-state index >= 15 is 0 Å². The van der Waals surface area contributed by atoms with Gasteiger partial charge in [0.05, 0.1) is 11.4 Å². The third-order valence-electron chi connectivity index (χ3n) is 5.43. The van der Waals surface area contributed by atoms with Crippen molar-refractivity contribution >= 4 is 40.6 Å². The predicted octanol–water partition coefficient (Wildman–Crippen LogP) is 5.56. The number of anilines is 1. The van der Waals surface area contributed by atoms with Crippen molar-refractivity contribution in [1.29, 1.82) is 0 Å². The Kier molecular flexibility index (Phi) is 7.13. The number of imide groups is 1. The van der Waals surface area contributed by atoms with E-state index in [9.17, 15) is 14.4 Å². The molecule has 1 saturated heterocycles. The van der Waals surface area contributed by atoms with E-state index < -0.39 is 0 Å². The number of aryl methyl sites for hydroxylation is 2. The summed E-state index contributed by atoms with van der Waals surface area (Å²) in [6.07, 6.45) is 1.69. The zero-order valence-electron chi connectivity index (χ0n) is 18.9. The maximum absolute atomic E-state index is 12.8. The molecule has 34 heavy (non-hydrogen) atoms. The molecule has 0 atom stereocenters. The molecule has 0 radical (unpaired) electrons. The smallest absolute Gasteiger partial charge is 0.293 e. The second-order valence-electron chi connectivity index (χ2n) is 7.92. The second kappa shape index (κ2) is 10.4. The number of carbonyl (C=O) groups excluding carboxylic acids is 3. The number of rotatable bonds is 7. The Bertz CT molecular complexity index is 1270. The normalized spacial score (nSPS) is 14.5. The number of nitrogens with one attached hydrogen (secondary N) is 1. The van der Waals surface area contributed by atoms with E-state index in [1.165, 1.54) is 4.90 Å². The van der Waals surface area contributed by atoms with Crippen molar-refractivity contribution in [1.82, 2.24) is 4.90 Å². The standard InChI is InChI=1S/C27H24N2O4S/c1-18-7-3-5-9-21(18)16-29-26(31)24(34-27(29)32)15-20-11-13-22(14-12-20)33-17-25(30)28-23-10-6-4-8-19(23)2/h3-15H,16-17H2,1-2H3,(H,28,30)/b24-15-. The van der Waals surface area contributed by atoms with Gasteiger partial charge >= 0.3 is 0 Å². The lowest BCUT2D eigenvalue weighted by atomic mass is 10.1. The highest BCUT2D eigenvalue weighted by Crippen LogP contribution is 2.33. The van der Waals surface area contributed by atoms with Gasteiger partial charge in [-0.2, -0.15) is 0 Å². The van der Waals surface area contributed by atoms with Gasteiger partial charge in [-0.05, 0) is 72.1 Å². The number of para-hydroxylation sites is 1. The van der Waals surface area contributed by atoms with Crippen LogP contribution in [0.2, 0.25) is 0 Å². The topological polar surface area (TPSA) is 75.7 Å². The molecule has 1 aliphatic rings. The molecule has 6 nitrogen and oxygen atoms in total. The number of carbonyl (C=O) groups is 3. The zero-order chi connectivity index (χ0) is 24.1. The minimum Gasteiger partial charge on any atom is -0.484 e. The van der Waals surface area contributed by atoms with Gasteiger partial charge in [-0.25, -0.2) is 0 Å². The van der Waals surface area contributed by atoms with Crippen LogP contribution in [0.5, 0.6) is 5.75 Å². The minimum atomic E-state index is -0.300. The van der Waals surface area contributed by atoms with Gasteiger partial charge in [0.1, 0.15) is 5.75 Å². The Balaban J connectivity index is 1.35. The molecule has 0 aliphatic carbocycles. The van der Waals surface area contributed by atoms with Crippen molar-refractivity contribution in [3.63, 3.8) is 0 Å². The maximum atomic E-state index is 12.8. The van der Waals surface area contributed by atoms with Crippen LogP contribution < -0.4 is 10.1 Å². The maximum Gasteiger partial charge on any atom is 0.293 e. The Hall–Kier alpha value is -3.84. The van der Waals surface area contributed by atoms with Gasteiger partial charge in [0.2, 0.25) is 0 Å². The third kappa shape index (κ3) is 5.55. The summed E-state index contributed by atoms with van der Waals surface area (Å²) in [7, 11) is 0. The van der Waals surface area contributed by atoms with Crippen LogP contribution in [0, 0.1) is 13.8 Å². The highest BCUT2D eigenvalue weighted by atomic mass is 32.2. The fraction of sp³-hybridized carbons (Fsp3) is 0.148. The van der Waals surface area contributed by atoms with Crippen LogP contribution in [-0.4, -0.2) is 28.6 Å². The van der Waals surface area contributed by atoms with Gasteiger partial charge in [-0.15, -0.1) is 0 Å². The molecule has 1 N–H and O–H groups in total. The Morgan fingerprint density at radius 3 is 2.32 bits per heavy atom. The number of benzene rings is 3. The number of hydrogen-bond acceptors (Lipinski definition) is 5.